The van der Waals surface area contributed by atoms with E-state index in [0.29, 0.717) is 6.04 Å². The maximum absolute atomic E-state index is 12.9. The zero-order valence-electron chi connectivity index (χ0n) is 13.3. The van der Waals surface area contributed by atoms with Gasteiger partial charge in [-0.2, -0.15) is 0 Å². The summed E-state index contributed by atoms with van der Waals surface area (Å²) in [6, 6.07) is 15.4. The Morgan fingerprint density at radius 3 is 2.27 bits per heavy atom. The first-order valence-electron chi connectivity index (χ1n) is 7.78. The van der Waals surface area contributed by atoms with E-state index in [1.54, 1.807) is 7.11 Å². The van der Waals surface area contributed by atoms with Gasteiger partial charge in [-0.15, -0.1) is 0 Å². The number of nitrogens with one attached hydrogen (secondary N) is 1. The Balaban J connectivity index is 1.66. The Morgan fingerprint density at radius 1 is 1.00 bits per heavy atom. The predicted octanol–water partition coefficient (Wildman–Crippen LogP) is 3.99. The zero-order valence-corrected chi connectivity index (χ0v) is 13.3. The van der Waals surface area contributed by atoms with Gasteiger partial charge in [-0.25, -0.2) is 4.39 Å². The van der Waals surface area contributed by atoms with E-state index < -0.39 is 0 Å². The van der Waals surface area contributed by atoms with Crippen LogP contribution in [0.2, 0.25) is 0 Å². The van der Waals surface area contributed by atoms with Crippen molar-refractivity contribution in [1.82, 2.24) is 5.32 Å². The van der Waals surface area contributed by atoms with Gasteiger partial charge < -0.3 is 10.1 Å². The van der Waals surface area contributed by atoms with E-state index in [2.05, 4.69) is 24.4 Å². The van der Waals surface area contributed by atoms with Gasteiger partial charge in [0.1, 0.15) is 11.6 Å². The molecule has 0 spiro atoms. The highest BCUT2D eigenvalue weighted by molar-refractivity contribution is 5.27. The molecule has 0 fully saturated rings. The number of aryl methyl sites for hydroxylation is 1. The van der Waals surface area contributed by atoms with Crippen molar-refractivity contribution in [1.29, 1.82) is 0 Å². The van der Waals surface area contributed by atoms with Crippen molar-refractivity contribution >= 4 is 0 Å². The van der Waals surface area contributed by atoms with Gasteiger partial charge >= 0.3 is 0 Å². The molecule has 0 aliphatic rings. The van der Waals surface area contributed by atoms with Crippen LogP contribution in [0.3, 0.4) is 0 Å². The van der Waals surface area contributed by atoms with Crippen LogP contribution in [0.4, 0.5) is 4.39 Å². The van der Waals surface area contributed by atoms with E-state index in [9.17, 15) is 4.39 Å². The lowest BCUT2D eigenvalue weighted by atomic mass is 10.1. The summed E-state index contributed by atoms with van der Waals surface area (Å²) in [6.45, 7) is 3.14. The van der Waals surface area contributed by atoms with Crippen LogP contribution in [0.25, 0.3) is 0 Å². The normalized spacial score (nSPS) is 12.1. The molecule has 1 atom stereocenters. The first kappa shape index (κ1) is 16.5. The minimum absolute atomic E-state index is 0.177. The molecule has 0 amide bonds. The molecule has 2 aromatic carbocycles. The molecule has 1 unspecified atom stereocenters. The molecule has 0 bridgehead atoms. The minimum Gasteiger partial charge on any atom is -0.497 e. The number of hydrogen-bond acceptors (Lipinski definition) is 2. The Kier molecular flexibility index (Phi) is 6.41. The monoisotopic (exact) mass is 301 g/mol. The smallest absolute Gasteiger partial charge is 0.123 e. The van der Waals surface area contributed by atoms with E-state index in [0.717, 1.165) is 37.1 Å². The average molecular weight is 301 g/mol. The molecular weight excluding hydrogens is 277 g/mol. The predicted molar refractivity (Wildman–Crippen MR) is 88.9 cm³/mol. The van der Waals surface area contributed by atoms with E-state index in [1.165, 1.54) is 17.7 Å². The summed E-state index contributed by atoms with van der Waals surface area (Å²) < 4.78 is 18.0. The molecule has 3 heteroatoms. The number of ether oxygens (including phenoxy) is 1. The second-order valence-electron chi connectivity index (χ2n) is 5.64. The fourth-order valence-corrected chi connectivity index (χ4v) is 2.48. The average Bonchev–Trinajstić information content (AvgIpc) is 2.54. The van der Waals surface area contributed by atoms with E-state index >= 15 is 0 Å². The number of rotatable bonds is 8. The summed E-state index contributed by atoms with van der Waals surface area (Å²) in [4.78, 5) is 0. The summed E-state index contributed by atoms with van der Waals surface area (Å²) >= 11 is 0. The van der Waals surface area contributed by atoms with Crippen molar-refractivity contribution in [2.24, 2.45) is 0 Å². The fourth-order valence-electron chi connectivity index (χ4n) is 2.48. The molecule has 0 radical (unpaired) electrons. The Morgan fingerprint density at radius 2 is 1.64 bits per heavy atom. The van der Waals surface area contributed by atoms with Crippen LogP contribution in [0.5, 0.6) is 5.75 Å². The lowest BCUT2D eigenvalue weighted by Crippen LogP contribution is -2.29. The van der Waals surface area contributed by atoms with Crippen LogP contribution in [0.15, 0.2) is 48.5 Å². The van der Waals surface area contributed by atoms with Crippen molar-refractivity contribution in [3.8, 4) is 5.75 Å². The van der Waals surface area contributed by atoms with Crippen molar-refractivity contribution in [2.45, 2.75) is 32.2 Å². The van der Waals surface area contributed by atoms with Gasteiger partial charge in [-0.1, -0.05) is 24.3 Å². The molecule has 22 heavy (non-hydrogen) atoms. The van der Waals surface area contributed by atoms with Gasteiger partial charge in [-0.3, -0.25) is 0 Å². The molecular formula is C19H24FNO. The van der Waals surface area contributed by atoms with Crippen molar-refractivity contribution in [2.75, 3.05) is 13.7 Å². The SMILES string of the molecule is COc1ccc(CCCNC(C)Cc2ccc(F)cc2)cc1. The standard InChI is InChI=1S/C19H24FNO/c1-15(14-17-5-9-18(20)10-6-17)21-13-3-4-16-7-11-19(22-2)12-8-16/h5-12,15,21H,3-4,13-14H2,1-2H3. The van der Waals surface area contributed by atoms with Crippen molar-refractivity contribution < 1.29 is 9.13 Å². The van der Waals surface area contributed by atoms with Gasteiger partial charge in [0.15, 0.2) is 0 Å². The maximum atomic E-state index is 12.9. The first-order chi connectivity index (χ1) is 10.7. The van der Waals surface area contributed by atoms with Crippen LogP contribution in [-0.4, -0.2) is 19.7 Å². The number of halogens is 1. The Bertz CT molecular complexity index is 551. The second-order valence-corrected chi connectivity index (χ2v) is 5.64. The van der Waals surface area contributed by atoms with Crippen LogP contribution in [-0.2, 0) is 12.8 Å². The van der Waals surface area contributed by atoms with Gasteiger partial charge in [0, 0.05) is 6.04 Å². The van der Waals surface area contributed by atoms with Crippen molar-refractivity contribution in [3.63, 3.8) is 0 Å². The van der Waals surface area contributed by atoms with Crippen molar-refractivity contribution in [3.05, 3.63) is 65.5 Å². The second kappa shape index (κ2) is 8.54. The summed E-state index contributed by atoms with van der Waals surface area (Å²) in [7, 11) is 1.68. The first-order valence-corrected chi connectivity index (χ1v) is 7.78. The van der Waals surface area contributed by atoms with Crippen LogP contribution in [0, 0.1) is 5.82 Å². The molecule has 0 saturated heterocycles. The third kappa shape index (κ3) is 5.49. The van der Waals surface area contributed by atoms with Gasteiger partial charge in [0.05, 0.1) is 7.11 Å². The number of methoxy groups -OCH3 is 1. The minimum atomic E-state index is -0.177. The summed E-state index contributed by atoms with van der Waals surface area (Å²) in [6.07, 6.45) is 3.07. The molecule has 0 saturated carbocycles. The topological polar surface area (TPSA) is 21.3 Å². The summed E-state index contributed by atoms with van der Waals surface area (Å²) in [5, 5.41) is 3.52. The molecule has 118 valence electrons. The zero-order chi connectivity index (χ0) is 15.8. The Labute approximate surface area is 132 Å². The highest BCUT2D eigenvalue weighted by atomic mass is 19.1. The molecule has 0 aliphatic heterocycles. The fraction of sp³-hybridized carbons (Fsp3) is 0.368. The number of benzene rings is 2. The highest BCUT2D eigenvalue weighted by Crippen LogP contribution is 2.12. The van der Waals surface area contributed by atoms with E-state index in [-0.39, 0.29) is 5.82 Å². The molecule has 2 rings (SSSR count). The van der Waals surface area contributed by atoms with Gasteiger partial charge in [0.25, 0.3) is 0 Å². The van der Waals surface area contributed by atoms with E-state index in [1.807, 2.05) is 24.3 Å². The third-order valence-corrected chi connectivity index (χ3v) is 3.75. The molecule has 1 N–H and O–H groups in total. The summed E-state index contributed by atoms with van der Waals surface area (Å²) in [5.74, 6) is 0.721. The quantitative estimate of drug-likeness (QED) is 0.744. The molecule has 2 aromatic rings. The Hall–Kier alpha value is -1.87. The number of hydrogen-bond donors (Lipinski definition) is 1. The summed E-state index contributed by atoms with van der Waals surface area (Å²) in [5.41, 5.74) is 2.49. The highest BCUT2D eigenvalue weighted by Gasteiger charge is 2.03. The molecule has 2 nitrogen and oxygen atoms in total. The van der Waals surface area contributed by atoms with Gasteiger partial charge in [0.2, 0.25) is 0 Å². The van der Waals surface area contributed by atoms with E-state index in [4.69, 9.17) is 4.74 Å². The van der Waals surface area contributed by atoms with Crippen LogP contribution < -0.4 is 10.1 Å². The molecule has 0 aliphatic carbocycles. The molecule has 0 aromatic heterocycles. The lowest BCUT2D eigenvalue weighted by Gasteiger charge is -2.14. The van der Waals surface area contributed by atoms with Crippen LogP contribution in [0.1, 0.15) is 24.5 Å². The molecule has 0 heterocycles. The third-order valence-electron chi connectivity index (χ3n) is 3.75. The maximum Gasteiger partial charge on any atom is 0.123 e. The van der Waals surface area contributed by atoms with Crippen LogP contribution >= 0.6 is 0 Å². The largest absolute Gasteiger partial charge is 0.497 e. The van der Waals surface area contributed by atoms with Gasteiger partial charge in [-0.05, 0) is 68.1 Å². The lowest BCUT2D eigenvalue weighted by molar-refractivity contribution is 0.414.